The van der Waals surface area contributed by atoms with Crippen molar-refractivity contribution in [2.24, 2.45) is 12.8 Å². The zero-order valence-corrected chi connectivity index (χ0v) is 16.1. The van der Waals surface area contributed by atoms with Crippen molar-refractivity contribution in [2.45, 2.75) is 20.4 Å². The second-order valence-electron chi connectivity index (χ2n) is 5.85. The van der Waals surface area contributed by atoms with Gasteiger partial charge >= 0.3 is 0 Å². The average Bonchev–Trinajstić information content (AvgIpc) is 3.19. The topological polar surface area (TPSA) is 124 Å². The van der Waals surface area contributed by atoms with Crippen molar-refractivity contribution in [3.63, 3.8) is 0 Å². The number of amides is 1. The summed E-state index contributed by atoms with van der Waals surface area (Å²) in [5.74, 6) is 1.58. The molecule has 1 aromatic carbocycles. The third-order valence-corrected chi connectivity index (χ3v) is 3.94. The molecule has 0 spiro atoms. The molecule has 2 aromatic heterocycles. The van der Waals surface area contributed by atoms with Crippen LogP contribution in [0, 0.1) is 13.8 Å². The minimum absolute atomic E-state index is 0. The lowest BCUT2D eigenvalue weighted by Crippen LogP contribution is -2.20. The number of hydrogen-bond donors (Lipinski definition) is 3. The first-order valence-corrected chi connectivity index (χ1v) is 8.12. The van der Waals surface area contributed by atoms with Crippen LogP contribution < -0.4 is 15.8 Å². The number of nitrogens with one attached hydrogen (secondary N) is 2. The molecule has 4 N–H and O–H groups in total. The number of ether oxygens (including phenoxy) is 1. The van der Waals surface area contributed by atoms with Crippen LogP contribution >= 0.6 is 12.4 Å². The van der Waals surface area contributed by atoms with Gasteiger partial charge in [-0.1, -0.05) is 0 Å². The zero-order chi connectivity index (χ0) is 18.7. The first kappa shape index (κ1) is 20.4. The van der Waals surface area contributed by atoms with Crippen molar-refractivity contribution < 1.29 is 9.53 Å². The van der Waals surface area contributed by atoms with Crippen LogP contribution in [-0.2, 0) is 18.4 Å². The molecule has 0 unspecified atom stereocenters. The predicted molar refractivity (Wildman–Crippen MR) is 104 cm³/mol. The van der Waals surface area contributed by atoms with E-state index in [-0.39, 0.29) is 24.9 Å². The summed E-state index contributed by atoms with van der Waals surface area (Å²) in [4.78, 5) is 16.4. The minimum Gasteiger partial charge on any atom is -0.480 e. The van der Waals surface area contributed by atoms with Crippen LogP contribution in [0.4, 0.5) is 5.69 Å². The number of halogens is 1. The Kier molecular flexibility index (Phi) is 6.54. The second-order valence-corrected chi connectivity index (χ2v) is 5.85. The van der Waals surface area contributed by atoms with Gasteiger partial charge in [-0.25, -0.2) is 4.98 Å². The van der Waals surface area contributed by atoms with Crippen LogP contribution in [0.15, 0.2) is 24.3 Å². The number of aromatic amines is 1. The lowest BCUT2D eigenvalue weighted by Gasteiger charge is -2.08. The van der Waals surface area contributed by atoms with Gasteiger partial charge in [-0.2, -0.15) is 10.2 Å². The third-order valence-electron chi connectivity index (χ3n) is 3.94. The number of carbonyl (C=O) groups excluding carboxylic acids is 1. The van der Waals surface area contributed by atoms with Gasteiger partial charge in [-0.05, 0) is 38.1 Å². The van der Waals surface area contributed by atoms with E-state index in [0.29, 0.717) is 29.6 Å². The Balaban J connectivity index is 0.00000261. The van der Waals surface area contributed by atoms with Crippen molar-refractivity contribution in [3.8, 4) is 17.1 Å². The Morgan fingerprint density at radius 3 is 2.56 bits per heavy atom. The van der Waals surface area contributed by atoms with E-state index in [1.165, 1.54) is 0 Å². The molecule has 0 saturated carbocycles. The molecule has 0 fully saturated rings. The van der Waals surface area contributed by atoms with Crippen molar-refractivity contribution in [2.75, 3.05) is 11.9 Å². The van der Waals surface area contributed by atoms with Gasteiger partial charge in [0.2, 0.25) is 0 Å². The first-order valence-electron chi connectivity index (χ1n) is 8.12. The largest absolute Gasteiger partial charge is 0.480 e. The molecule has 0 saturated heterocycles. The van der Waals surface area contributed by atoms with E-state index in [9.17, 15) is 4.79 Å². The molecule has 0 aliphatic heterocycles. The molecule has 0 bridgehead atoms. The van der Waals surface area contributed by atoms with Gasteiger partial charge < -0.3 is 15.8 Å². The summed E-state index contributed by atoms with van der Waals surface area (Å²) in [6, 6.07) is 7.23. The van der Waals surface area contributed by atoms with Gasteiger partial charge in [-0.3, -0.25) is 14.6 Å². The van der Waals surface area contributed by atoms with Crippen molar-refractivity contribution >= 4 is 24.0 Å². The maximum Gasteiger partial charge on any atom is 0.262 e. The molecule has 0 aliphatic rings. The average molecular weight is 392 g/mol. The van der Waals surface area contributed by atoms with Crippen LogP contribution in [0.3, 0.4) is 0 Å². The fraction of sp³-hybridized carbons (Fsp3) is 0.294. The van der Waals surface area contributed by atoms with Crippen molar-refractivity contribution in [1.82, 2.24) is 25.0 Å². The van der Waals surface area contributed by atoms with Crippen molar-refractivity contribution in [3.05, 3.63) is 41.5 Å². The second kappa shape index (κ2) is 8.65. The molecule has 0 aliphatic carbocycles. The van der Waals surface area contributed by atoms with E-state index in [0.717, 1.165) is 17.0 Å². The molecule has 144 valence electrons. The Hall–Kier alpha value is -2.91. The number of rotatable bonds is 6. The summed E-state index contributed by atoms with van der Waals surface area (Å²) in [7, 11) is 1.83. The third kappa shape index (κ3) is 4.63. The SMILES string of the molecule is Cc1nn(C)c(C)c1OCC(=O)Nc1ccc(-c2n[nH]c(CN)n2)cc1.Cl. The molecule has 2 heterocycles. The van der Waals surface area contributed by atoms with E-state index >= 15 is 0 Å². The van der Waals surface area contributed by atoms with E-state index < -0.39 is 0 Å². The molecule has 10 heteroatoms. The van der Waals surface area contributed by atoms with Crippen LogP contribution in [0.5, 0.6) is 5.75 Å². The Bertz CT molecular complexity index is 918. The standard InChI is InChI=1S/C17H21N7O2.ClH/c1-10-16(11(2)24(3)23-10)26-9-15(25)19-13-6-4-12(5-7-13)17-20-14(8-18)21-22-17;/h4-7H,8-9,18H2,1-3H3,(H,19,25)(H,20,21,22);1H. The van der Waals surface area contributed by atoms with E-state index in [4.69, 9.17) is 10.5 Å². The number of nitrogens with zero attached hydrogens (tertiary/aromatic N) is 4. The van der Waals surface area contributed by atoms with Gasteiger partial charge in [0, 0.05) is 18.3 Å². The normalized spacial score (nSPS) is 10.4. The highest BCUT2D eigenvalue weighted by Gasteiger charge is 2.13. The monoisotopic (exact) mass is 391 g/mol. The van der Waals surface area contributed by atoms with Gasteiger partial charge in [0.15, 0.2) is 18.2 Å². The number of anilines is 1. The molecular weight excluding hydrogens is 370 g/mol. The number of hydrogen-bond acceptors (Lipinski definition) is 6. The van der Waals surface area contributed by atoms with Gasteiger partial charge in [0.25, 0.3) is 5.91 Å². The molecule has 0 atom stereocenters. The molecule has 0 radical (unpaired) electrons. The number of H-pyrrole nitrogens is 1. The summed E-state index contributed by atoms with van der Waals surface area (Å²) < 4.78 is 7.32. The lowest BCUT2D eigenvalue weighted by molar-refractivity contribution is -0.118. The summed E-state index contributed by atoms with van der Waals surface area (Å²) in [6.07, 6.45) is 0. The van der Waals surface area contributed by atoms with Crippen LogP contribution in [0.2, 0.25) is 0 Å². The zero-order valence-electron chi connectivity index (χ0n) is 15.3. The van der Waals surface area contributed by atoms with Crippen molar-refractivity contribution in [1.29, 1.82) is 0 Å². The maximum absolute atomic E-state index is 12.1. The Morgan fingerprint density at radius 2 is 2.00 bits per heavy atom. The molecule has 3 aromatic rings. The summed E-state index contributed by atoms with van der Waals surface area (Å²) in [5, 5.41) is 13.9. The first-order chi connectivity index (χ1) is 12.5. The summed E-state index contributed by atoms with van der Waals surface area (Å²) in [6.45, 7) is 3.95. The van der Waals surface area contributed by atoms with Gasteiger partial charge in [-0.15, -0.1) is 12.4 Å². The number of aromatic nitrogens is 5. The highest BCUT2D eigenvalue weighted by molar-refractivity contribution is 5.92. The fourth-order valence-electron chi connectivity index (χ4n) is 2.52. The highest BCUT2D eigenvalue weighted by Crippen LogP contribution is 2.21. The quantitative estimate of drug-likeness (QED) is 0.587. The van der Waals surface area contributed by atoms with Gasteiger partial charge in [0.1, 0.15) is 11.5 Å². The van der Waals surface area contributed by atoms with E-state index in [1.807, 2.05) is 33.0 Å². The van der Waals surface area contributed by atoms with Crippen LogP contribution in [0.25, 0.3) is 11.4 Å². The number of benzene rings is 1. The molecule has 3 rings (SSSR count). The highest BCUT2D eigenvalue weighted by atomic mass is 35.5. The van der Waals surface area contributed by atoms with Crippen LogP contribution in [-0.4, -0.2) is 37.5 Å². The number of nitrogens with two attached hydrogens (primary N) is 1. The van der Waals surface area contributed by atoms with Gasteiger partial charge in [0.05, 0.1) is 12.2 Å². The summed E-state index contributed by atoms with van der Waals surface area (Å²) in [5.41, 5.74) is 8.64. The molecule has 27 heavy (non-hydrogen) atoms. The molecular formula is C17H22ClN7O2. The number of aryl methyl sites for hydroxylation is 2. The fourth-order valence-corrected chi connectivity index (χ4v) is 2.52. The minimum atomic E-state index is -0.247. The number of carbonyl (C=O) groups is 1. The smallest absolute Gasteiger partial charge is 0.262 e. The van der Waals surface area contributed by atoms with Crippen LogP contribution in [0.1, 0.15) is 17.2 Å². The summed E-state index contributed by atoms with van der Waals surface area (Å²) >= 11 is 0. The van der Waals surface area contributed by atoms with E-state index in [2.05, 4.69) is 25.6 Å². The Morgan fingerprint density at radius 1 is 1.30 bits per heavy atom. The Labute approximate surface area is 162 Å². The maximum atomic E-state index is 12.1. The molecule has 9 nitrogen and oxygen atoms in total. The predicted octanol–water partition coefficient (Wildman–Crippen LogP) is 1.72. The molecule has 1 amide bonds. The van der Waals surface area contributed by atoms with E-state index in [1.54, 1.807) is 16.8 Å². The lowest BCUT2D eigenvalue weighted by atomic mass is 10.2.